The molecule has 0 aromatic carbocycles. The summed E-state index contributed by atoms with van der Waals surface area (Å²) in [7, 11) is 0. The van der Waals surface area contributed by atoms with Gasteiger partial charge in [-0.3, -0.25) is 9.97 Å². The molecule has 0 aliphatic rings. The van der Waals surface area contributed by atoms with Gasteiger partial charge in [0.15, 0.2) is 0 Å². The molecule has 13 heterocycles. The summed E-state index contributed by atoms with van der Waals surface area (Å²) >= 11 is 10.6. The van der Waals surface area contributed by atoms with Crippen molar-refractivity contribution in [1.29, 1.82) is 0 Å². The zero-order valence-corrected chi connectivity index (χ0v) is 62.2. The highest BCUT2D eigenvalue weighted by Gasteiger charge is 2.21. The van der Waals surface area contributed by atoms with Crippen LogP contribution in [0.1, 0.15) is 80.1 Å². The molecule has 0 aliphatic carbocycles. The maximum absolute atomic E-state index is 5.31. The number of pyridine rings is 8. The molecule has 0 fully saturated rings. The second-order valence-electron chi connectivity index (χ2n) is 23.4. The van der Waals surface area contributed by atoms with Crippen LogP contribution in [0.25, 0.3) is 137 Å². The summed E-state index contributed by atoms with van der Waals surface area (Å²) in [6.45, 7) is 13.1. The van der Waals surface area contributed by atoms with E-state index in [0.717, 1.165) is 137 Å². The van der Waals surface area contributed by atoms with Gasteiger partial charge in [0.05, 0.1) is 137 Å². The van der Waals surface area contributed by atoms with Crippen LogP contribution in [0.3, 0.4) is 0 Å². The first-order valence-corrected chi connectivity index (χ1v) is 40.0. The Morgan fingerprint density at radius 3 is 0.500 bits per heavy atom. The van der Waals surface area contributed by atoms with Gasteiger partial charge in [-0.25, -0.2) is 79.7 Å². The van der Waals surface area contributed by atoms with E-state index in [-0.39, 0.29) is 0 Å². The lowest BCUT2D eigenvalue weighted by Gasteiger charge is -2.12. The van der Waals surface area contributed by atoms with E-state index < -0.39 is 0 Å². The van der Waals surface area contributed by atoms with Crippen molar-refractivity contribution < 1.29 is 0 Å². The third-order valence-electron chi connectivity index (χ3n) is 15.4. The maximum atomic E-state index is 5.31. The Kier molecular flexibility index (Phi) is 24.4. The molecule has 0 saturated heterocycles. The van der Waals surface area contributed by atoms with Gasteiger partial charge in [0.25, 0.3) is 0 Å². The van der Waals surface area contributed by atoms with Gasteiger partial charge in [-0.05, 0) is 200 Å². The lowest BCUT2D eigenvalue weighted by molar-refractivity contribution is 1.09. The van der Waals surface area contributed by atoms with Crippen molar-refractivity contribution in [2.24, 2.45) is 0 Å². The van der Waals surface area contributed by atoms with Crippen LogP contribution in [0.4, 0.5) is 0 Å². The molecule has 24 heteroatoms. The maximum Gasteiger partial charge on any atom is 0.116 e. The van der Waals surface area contributed by atoms with Gasteiger partial charge in [0.2, 0.25) is 0 Å². The van der Waals surface area contributed by atoms with Gasteiger partial charge >= 0.3 is 0 Å². The molecule has 0 spiro atoms. The summed E-state index contributed by atoms with van der Waals surface area (Å²) in [6.07, 6.45) is 17.5. The van der Waals surface area contributed by atoms with E-state index in [1.165, 1.54) is 0 Å². The smallest absolute Gasteiger partial charge is 0.116 e. The van der Waals surface area contributed by atoms with Gasteiger partial charge in [-0.1, -0.05) is 53.7 Å². The summed E-state index contributed by atoms with van der Waals surface area (Å²) < 4.78 is 0. The van der Waals surface area contributed by atoms with Crippen LogP contribution < -0.4 is 0 Å². The molecule has 0 saturated carbocycles. The molecular formula is C78H72N18S6. The van der Waals surface area contributed by atoms with E-state index in [4.69, 9.17) is 79.7 Å². The van der Waals surface area contributed by atoms with Crippen LogP contribution in [0.5, 0.6) is 0 Å². The molecule has 18 nitrogen and oxygen atoms in total. The SMILES string of the molecule is CCCSc1cc(-c2ccccn2)nc(-c2cc(-c3cc(SCCC)cc(-c4cc(-c5cc(SCCC)cc(-c6cc(-c7cc(SCCC)cc(-c8cc(-c9cc(SCCC)cc(-c%10cc(-c%11cc(SCCC)cc(-c%12ccccn%12)n%11)ncn%10)n9)ncn8)n7)ncn6)n5)ncn4)n3)ncn2)c1. The molecule has 0 aliphatic heterocycles. The summed E-state index contributed by atoms with van der Waals surface area (Å²) in [6, 6.07) is 46.6. The topological polar surface area (TPSA) is 232 Å². The Labute approximate surface area is 619 Å². The van der Waals surface area contributed by atoms with E-state index in [1.807, 2.05) is 66.7 Å². The molecule has 0 radical (unpaired) electrons. The summed E-state index contributed by atoms with van der Waals surface area (Å²) in [5.74, 6) is 5.60. The highest BCUT2D eigenvalue weighted by Crippen LogP contribution is 2.38. The third-order valence-corrected chi connectivity index (χ3v) is 22.5. The Morgan fingerprint density at radius 1 is 0.186 bits per heavy atom. The molecule has 13 aromatic heterocycles. The fourth-order valence-corrected chi connectivity index (χ4v) is 15.6. The molecule has 102 heavy (non-hydrogen) atoms. The number of hydrogen-bond acceptors (Lipinski definition) is 24. The average Bonchev–Trinajstić information content (AvgIpc) is 0.799. The predicted molar refractivity (Wildman–Crippen MR) is 418 cm³/mol. The number of thioether (sulfide) groups is 6. The minimum atomic E-state index is 0.628. The van der Waals surface area contributed by atoms with Crippen LogP contribution in [0, 0.1) is 0 Å². The first kappa shape index (κ1) is 71.1. The van der Waals surface area contributed by atoms with Gasteiger partial charge in [0, 0.05) is 41.8 Å². The van der Waals surface area contributed by atoms with E-state index in [2.05, 4.69) is 124 Å². The Hall–Kier alpha value is -9.30. The van der Waals surface area contributed by atoms with Crippen LogP contribution in [0.2, 0.25) is 0 Å². The summed E-state index contributed by atoms with van der Waals surface area (Å²) in [5, 5.41) is 0. The minimum Gasteiger partial charge on any atom is -0.255 e. The van der Waals surface area contributed by atoms with Crippen molar-refractivity contribution in [3.05, 3.63) is 184 Å². The van der Waals surface area contributed by atoms with E-state index >= 15 is 0 Å². The Balaban J connectivity index is 0.817. The molecule has 0 amide bonds. The largest absolute Gasteiger partial charge is 0.255 e. The van der Waals surface area contributed by atoms with Crippen LogP contribution in [-0.4, -0.2) is 124 Å². The zero-order chi connectivity index (χ0) is 70.0. The normalized spacial score (nSPS) is 11.4. The first-order chi connectivity index (χ1) is 50.2. The predicted octanol–water partition coefficient (Wildman–Crippen LogP) is 19.8. The van der Waals surface area contributed by atoms with E-state index in [1.54, 1.807) is 115 Å². The first-order valence-electron chi connectivity index (χ1n) is 34.1. The lowest BCUT2D eigenvalue weighted by atomic mass is 10.1. The van der Waals surface area contributed by atoms with Crippen molar-refractivity contribution in [1.82, 2.24) is 89.7 Å². The molecule has 13 aromatic rings. The summed E-state index contributed by atoms with van der Waals surface area (Å²) in [4.78, 5) is 95.1. The number of nitrogens with zero attached hydrogens (tertiary/aromatic N) is 18. The highest BCUT2D eigenvalue weighted by atomic mass is 32.2. The molecule has 13 rings (SSSR count). The van der Waals surface area contributed by atoms with Crippen molar-refractivity contribution in [2.45, 2.75) is 109 Å². The zero-order valence-electron chi connectivity index (χ0n) is 57.3. The van der Waals surface area contributed by atoms with Crippen LogP contribution in [0.15, 0.2) is 213 Å². The highest BCUT2D eigenvalue weighted by molar-refractivity contribution is 8.00. The second-order valence-corrected chi connectivity index (χ2v) is 30.4. The molecule has 0 N–H and O–H groups in total. The number of aromatic nitrogens is 18. The van der Waals surface area contributed by atoms with Crippen molar-refractivity contribution >= 4 is 70.6 Å². The Morgan fingerprint density at radius 2 is 0.353 bits per heavy atom. The third kappa shape index (κ3) is 18.1. The Bertz CT molecular complexity index is 4730. The van der Waals surface area contributed by atoms with Gasteiger partial charge in [-0.15, -0.1) is 70.6 Å². The van der Waals surface area contributed by atoms with E-state index in [9.17, 15) is 0 Å². The summed E-state index contributed by atoms with van der Waals surface area (Å²) in [5.41, 5.74) is 16.5. The van der Waals surface area contributed by atoms with E-state index in [0.29, 0.717) is 102 Å². The fourth-order valence-electron chi connectivity index (χ4n) is 10.6. The molecule has 510 valence electrons. The molecule has 0 atom stereocenters. The van der Waals surface area contributed by atoms with Gasteiger partial charge in [0.1, 0.15) is 31.6 Å². The minimum absolute atomic E-state index is 0.628. The average molecular weight is 1450 g/mol. The van der Waals surface area contributed by atoms with Crippen molar-refractivity contribution in [3.8, 4) is 137 Å². The van der Waals surface area contributed by atoms with Crippen LogP contribution >= 0.6 is 70.6 Å². The lowest BCUT2D eigenvalue weighted by Crippen LogP contribution is -1.99. The quantitative estimate of drug-likeness (QED) is 0.0381. The monoisotopic (exact) mass is 1450 g/mol. The molecular weight excluding hydrogens is 1380 g/mol. The number of hydrogen-bond donors (Lipinski definition) is 0. The fraction of sp³-hybridized carbons (Fsp3) is 0.231. The number of rotatable bonds is 30. The second kappa shape index (κ2) is 35.1. The molecule has 0 bridgehead atoms. The van der Waals surface area contributed by atoms with Crippen molar-refractivity contribution in [2.75, 3.05) is 34.5 Å². The standard InChI is InChI=1S/C78H72N18S6/c1-7-21-97-49-27-67(55-17-13-15-19-79-55)91-69(29-49)57-39-59(83-44-81-57)71-31-51(99-23-9-3)33-73(93-71)61-41-63(87-46-85-61)75-35-53(101-25-11-5)37-77(95-75)65-43-66(90-48-89-65)78-38-54(102-26-12-6)36-76(96-78)64-42-62(86-47-88-64)74-34-52(100-24-10-4)32-72(94-74)60-40-58(82-45-84-60)70-30-50(98-22-8-2)28-68(92-70)56-18-14-16-20-80-56/h13-20,27-48H,7-12,21-26H2,1-6H3. The molecule has 0 unspecified atom stereocenters. The van der Waals surface area contributed by atoms with Gasteiger partial charge in [-0.2, -0.15) is 0 Å². The van der Waals surface area contributed by atoms with Crippen molar-refractivity contribution in [3.63, 3.8) is 0 Å². The van der Waals surface area contributed by atoms with Gasteiger partial charge < -0.3 is 0 Å². The van der Waals surface area contributed by atoms with Crippen LogP contribution in [-0.2, 0) is 0 Å².